The van der Waals surface area contributed by atoms with Crippen LogP contribution < -0.4 is 5.32 Å². The third kappa shape index (κ3) is 4.20. The number of likely N-dealkylation sites (tertiary alicyclic amines) is 1. The van der Waals surface area contributed by atoms with E-state index >= 15 is 0 Å². The first-order valence-corrected chi connectivity index (χ1v) is 8.01. The minimum Gasteiger partial charge on any atom is -0.353 e. The fourth-order valence-corrected chi connectivity index (χ4v) is 3.36. The predicted molar refractivity (Wildman–Crippen MR) is 79.0 cm³/mol. The Kier molecular flexibility index (Phi) is 4.88. The van der Waals surface area contributed by atoms with Crippen molar-refractivity contribution in [3.05, 3.63) is 0 Å². The molecule has 0 bridgehead atoms. The van der Waals surface area contributed by atoms with Crippen LogP contribution in [0.2, 0.25) is 0 Å². The van der Waals surface area contributed by atoms with Gasteiger partial charge in [-0.15, -0.1) is 0 Å². The molecule has 2 aliphatic rings. The highest BCUT2D eigenvalue weighted by atomic mass is 16.2. The van der Waals surface area contributed by atoms with E-state index in [1.54, 1.807) is 0 Å². The molecular weight excluding hydrogens is 236 g/mol. The fourth-order valence-electron chi connectivity index (χ4n) is 3.36. The van der Waals surface area contributed by atoms with Crippen LogP contribution in [0.15, 0.2) is 0 Å². The van der Waals surface area contributed by atoms with Crippen LogP contribution in [0, 0.1) is 11.3 Å². The largest absolute Gasteiger partial charge is 0.353 e. The van der Waals surface area contributed by atoms with Gasteiger partial charge in [-0.25, -0.2) is 0 Å². The molecule has 3 heteroatoms. The Balaban J connectivity index is 1.80. The van der Waals surface area contributed by atoms with Crippen LogP contribution >= 0.6 is 0 Å². The molecule has 0 atom stereocenters. The summed E-state index contributed by atoms with van der Waals surface area (Å²) >= 11 is 0. The maximum Gasteiger partial charge on any atom is 0.227 e. The lowest BCUT2D eigenvalue weighted by atomic mass is 9.85. The molecule has 2 fully saturated rings. The van der Waals surface area contributed by atoms with Crippen LogP contribution in [0.3, 0.4) is 0 Å². The summed E-state index contributed by atoms with van der Waals surface area (Å²) in [6.07, 6.45) is 7.42. The van der Waals surface area contributed by atoms with Crippen molar-refractivity contribution in [2.75, 3.05) is 19.6 Å². The van der Waals surface area contributed by atoms with Crippen LogP contribution in [-0.4, -0.2) is 36.5 Å². The minimum atomic E-state index is -0.257. The van der Waals surface area contributed by atoms with Gasteiger partial charge in [0, 0.05) is 12.6 Å². The molecule has 2 rings (SSSR count). The van der Waals surface area contributed by atoms with Gasteiger partial charge in [-0.05, 0) is 71.4 Å². The van der Waals surface area contributed by atoms with E-state index < -0.39 is 0 Å². The number of nitrogens with zero attached hydrogens (tertiary/aromatic N) is 1. The third-order valence-electron chi connectivity index (χ3n) is 4.78. The van der Waals surface area contributed by atoms with Gasteiger partial charge in [0.1, 0.15) is 0 Å². The molecule has 1 aliphatic heterocycles. The third-order valence-corrected chi connectivity index (χ3v) is 4.78. The van der Waals surface area contributed by atoms with Gasteiger partial charge >= 0.3 is 0 Å². The zero-order valence-corrected chi connectivity index (χ0v) is 12.9. The molecule has 1 saturated heterocycles. The number of carbonyl (C=O) groups is 1. The highest BCUT2D eigenvalue weighted by Crippen LogP contribution is 2.25. The van der Waals surface area contributed by atoms with E-state index in [1.165, 1.54) is 25.7 Å². The smallest absolute Gasteiger partial charge is 0.227 e. The topological polar surface area (TPSA) is 32.3 Å². The van der Waals surface area contributed by atoms with E-state index in [9.17, 15) is 4.79 Å². The molecule has 1 heterocycles. The van der Waals surface area contributed by atoms with Gasteiger partial charge in [0.05, 0.1) is 5.41 Å². The molecular formula is C16H30N2O. The molecule has 1 amide bonds. The molecule has 110 valence electrons. The lowest BCUT2D eigenvalue weighted by Crippen LogP contribution is -2.48. The Morgan fingerprint density at radius 3 is 2.32 bits per heavy atom. The van der Waals surface area contributed by atoms with Gasteiger partial charge in [0.25, 0.3) is 0 Å². The molecule has 0 aromatic carbocycles. The van der Waals surface area contributed by atoms with E-state index in [1.807, 2.05) is 0 Å². The quantitative estimate of drug-likeness (QED) is 0.848. The maximum atomic E-state index is 12.5. The number of amides is 1. The van der Waals surface area contributed by atoms with Crippen molar-refractivity contribution in [1.82, 2.24) is 10.2 Å². The number of hydrogen-bond acceptors (Lipinski definition) is 2. The molecule has 0 spiro atoms. The molecule has 1 saturated carbocycles. The van der Waals surface area contributed by atoms with Gasteiger partial charge in [0.2, 0.25) is 5.91 Å². The summed E-state index contributed by atoms with van der Waals surface area (Å²) < 4.78 is 0. The van der Waals surface area contributed by atoms with E-state index in [0.717, 1.165) is 38.4 Å². The number of hydrogen-bond donors (Lipinski definition) is 1. The Labute approximate surface area is 118 Å². The molecule has 1 N–H and O–H groups in total. The monoisotopic (exact) mass is 266 g/mol. The minimum absolute atomic E-state index is 0.249. The van der Waals surface area contributed by atoms with Crippen molar-refractivity contribution in [1.29, 1.82) is 0 Å². The molecule has 19 heavy (non-hydrogen) atoms. The predicted octanol–water partition coefficient (Wildman–Crippen LogP) is 2.80. The first-order chi connectivity index (χ1) is 8.97. The molecule has 1 aliphatic carbocycles. The first-order valence-electron chi connectivity index (χ1n) is 8.01. The number of nitrogens with one attached hydrogen (secondary N) is 1. The zero-order chi connectivity index (χ0) is 13.9. The molecule has 0 radical (unpaired) electrons. The van der Waals surface area contributed by atoms with Crippen molar-refractivity contribution in [3.63, 3.8) is 0 Å². The normalized spacial score (nSPS) is 29.4. The maximum absolute atomic E-state index is 12.5. The van der Waals surface area contributed by atoms with Gasteiger partial charge in [0.15, 0.2) is 0 Å². The van der Waals surface area contributed by atoms with Crippen LogP contribution in [0.4, 0.5) is 0 Å². The first kappa shape index (κ1) is 14.8. The fraction of sp³-hybridized carbons (Fsp3) is 0.938. The summed E-state index contributed by atoms with van der Waals surface area (Å²) in [6, 6.07) is 0.418. The van der Waals surface area contributed by atoms with Gasteiger partial charge in [-0.2, -0.15) is 0 Å². The highest BCUT2D eigenvalue weighted by molar-refractivity contribution is 5.82. The van der Waals surface area contributed by atoms with Gasteiger partial charge in [-0.3, -0.25) is 4.79 Å². The van der Waals surface area contributed by atoms with Crippen molar-refractivity contribution in [2.24, 2.45) is 11.3 Å². The van der Waals surface area contributed by atoms with Gasteiger partial charge < -0.3 is 10.2 Å². The van der Waals surface area contributed by atoms with Gasteiger partial charge in [-0.1, -0.05) is 6.92 Å². The highest BCUT2D eigenvalue weighted by Gasteiger charge is 2.32. The van der Waals surface area contributed by atoms with Crippen LogP contribution in [0.25, 0.3) is 0 Å². The van der Waals surface area contributed by atoms with Crippen molar-refractivity contribution in [2.45, 2.75) is 65.3 Å². The van der Waals surface area contributed by atoms with Crippen molar-refractivity contribution in [3.8, 4) is 0 Å². The van der Waals surface area contributed by atoms with E-state index in [-0.39, 0.29) is 11.3 Å². The van der Waals surface area contributed by atoms with Crippen LogP contribution in [-0.2, 0) is 4.79 Å². The van der Waals surface area contributed by atoms with E-state index in [0.29, 0.717) is 6.04 Å². The van der Waals surface area contributed by atoms with Crippen molar-refractivity contribution >= 4 is 5.91 Å². The molecule has 0 unspecified atom stereocenters. The van der Waals surface area contributed by atoms with Crippen molar-refractivity contribution < 1.29 is 4.79 Å². The lowest BCUT2D eigenvalue weighted by Gasteiger charge is -2.33. The second-order valence-corrected chi connectivity index (χ2v) is 7.30. The Hall–Kier alpha value is -0.570. The Morgan fingerprint density at radius 2 is 1.74 bits per heavy atom. The van der Waals surface area contributed by atoms with E-state index in [2.05, 4.69) is 31.0 Å². The Bertz CT molecular complexity index is 300. The summed E-state index contributed by atoms with van der Waals surface area (Å²) in [7, 11) is 0. The summed E-state index contributed by atoms with van der Waals surface area (Å²) in [4.78, 5) is 14.9. The SMILES string of the molecule is CC(C)(CN1CCCC1)C(=O)N[C@H]1CC[C@H](C)CC1. The summed E-state index contributed by atoms with van der Waals surface area (Å²) in [5, 5.41) is 3.29. The van der Waals surface area contributed by atoms with E-state index in [4.69, 9.17) is 0 Å². The number of carbonyl (C=O) groups excluding carboxylic acids is 1. The molecule has 0 aromatic rings. The molecule has 0 aromatic heterocycles. The summed E-state index contributed by atoms with van der Waals surface area (Å²) in [5.74, 6) is 1.09. The summed E-state index contributed by atoms with van der Waals surface area (Å²) in [6.45, 7) is 9.73. The Morgan fingerprint density at radius 1 is 1.16 bits per heavy atom. The zero-order valence-electron chi connectivity index (χ0n) is 12.9. The second kappa shape index (κ2) is 6.25. The average Bonchev–Trinajstić information content (AvgIpc) is 2.84. The molecule has 3 nitrogen and oxygen atoms in total. The van der Waals surface area contributed by atoms with Crippen LogP contribution in [0.5, 0.6) is 0 Å². The second-order valence-electron chi connectivity index (χ2n) is 7.30. The average molecular weight is 266 g/mol. The standard InChI is InChI=1S/C16H30N2O/c1-13-6-8-14(9-7-13)17-15(19)16(2,3)12-18-10-4-5-11-18/h13-14H,4-12H2,1-3H3,(H,17,19)/t13-,14-. The van der Waals surface area contributed by atoms with Crippen LogP contribution in [0.1, 0.15) is 59.3 Å². The number of rotatable bonds is 4. The lowest BCUT2D eigenvalue weighted by molar-refractivity contribution is -0.131. The summed E-state index contributed by atoms with van der Waals surface area (Å²) in [5.41, 5.74) is -0.257.